The molecule has 1 heterocycles. The maximum absolute atomic E-state index is 13.1. The van der Waals surface area contributed by atoms with Crippen molar-refractivity contribution in [2.45, 2.75) is 26.4 Å². The molecule has 1 aromatic heterocycles. The highest BCUT2D eigenvalue weighted by atomic mass is 19.1. The SMILES string of the molecule is CC(=O)c1cnc(C(C)(C)F)o1. The van der Waals surface area contributed by atoms with Gasteiger partial charge in [0.05, 0.1) is 6.20 Å². The number of hydrogen-bond donors (Lipinski definition) is 0. The molecular weight excluding hydrogens is 161 g/mol. The van der Waals surface area contributed by atoms with E-state index >= 15 is 0 Å². The van der Waals surface area contributed by atoms with E-state index in [4.69, 9.17) is 4.42 Å². The summed E-state index contributed by atoms with van der Waals surface area (Å²) >= 11 is 0. The van der Waals surface area contributed by atoms with Crippen LogP contribution in [0.15, 0.2) is 10.6 Å². The quantitative estimate of drug-likeness (QED) is 0.640. The van der Waals surface area contributed by atoms with Crippen molar-refractivity contribution in [3.8, 4) is 0 Å². The average molecular weight is 171 g/mol. The van der Waals surface area contributed by atoms with Gasteiger partial charge in [0, 0.05) is 6.92 Å². The van der Waals surface area contributed by atoms with Gasteiger partial charge in [-0.2, -0.15) is 0 Å². The first kappa shape index (κ1) is 8.90. The van der Waals surface area contributed by atoms with Crippen molar-refractivity contribution in [1.29, 1.82) is 0 Å². The molecule has 0 N–H and O–H groups in total. The minimum absolute atomic E-state index is 0.0623. The predicted octanol–water partition coefficient (Wildman–Crippen LogP) is 2.08. The summed E-state index contributed by atoms with van der Waals surface area (Å²) in [6.45, 7) is 3.99. The summed E-state index contributed by atoms with van der Waals surface area (Å²) in [5.41, 5.74) is -1.63. The lowest BCUT2D eigenvalue weighted by atomic mass is 10.2. The van der Waals surface area contributed by atoms with Crippen LogP contribution in [-0.4, -0.2) is 10.8 Å². The van der Waals surface area contributed by atoms with E-state index in [0.717, 1.165) is 0 Å². The van der Waals surface area contributed by atoms with Crippen molar-refractivity contribution < 1.29 is 13.6 Å². The van der Waals surface area contributed by atoms with E-state index in [-0.39, 0.29) is 17.4 Å². The van der Waals surface area contributed by atoms with Crippen molar-refractivity contribution in [1.82, 2.24) is 4.98 Å². The van der Waals surface area contributed by atoms with Gasteiger partial charge < -0.3 is 4.42 Å². The third kappa shape index (κ3) is 1.69. The summed E-state index contributed by atoms with van der Waals surface area (Å²) in [6, 6.07) is 0. The Labute approximate surface area is 69.6 Å². The number of aromatic nitrogens is 1. The zero-order valence-electron chi connectivity index (χ0n) is 7.22. The molecule has 0 aromatic carbocycles. The third-order valence-electron chi connectivity index (χ3n) is 1.36. The highest BCUT2D eigenvalue weighted by molar-refractivity contribution is 5.90. The molecule has 0 aliphatic heterocycles. The first-order valence-corrected chi connectivity index (χ1v) is 3.57. The summed E-state index contributed by atoms with van der Waals surface area (Å²) in [6.07, 6.45) is 1.24. The van der Waals surface area contributed by atoms with Gasteiger partial charge in [-0.05, 0) is 13.8 Å². The fourth-order valence-electron chi connectivity index (χ4n) is 0.712. The summed E-state index contributed by atoms with van der Waals surface area (Å²) in [7, 11) is 0. The first-order chi connectivity index (χ1) is 5.41. The highest BCUT2D eigenvalue weighted by Gasteiger charge is 2.25. The molecule has 0 bridgehead atoms. The smallest absolute Gasteiger partial charge is 0.232 e. The molecule has 1 rings (SSSR count). The molecule has 0 saturated heterocycles. The minimum atomic E-state index is -1.63. The van der Waals surface area contributed by atoms with E-state index in [1.807, 2.05) is 0 Å². The van der Waals surface area contributed by atoms with E-state index in [2.05, 4.69) is 4.98 Å². The van der Waals surface area contributed by atoms with Crippen molar-refractivity contribution in [2.75, 3.05) is 0 Å². The van der Waals surface area contributed by atoms with Crippen LogP contribution in [0.1, 0.15) is 37.2 Å². The van der Waals surface area contributed by atoms with Crippen LogP contribution in [0.4, 0.5) is 4.39 Å². The average Bonchev–Trinajstić information content (AvgIpc) is 2.30. The number of ketones is 1. The van der Waals surface area contributed by atoms with Crippen LogP contribution in [0.25, 0.3) is 0 Å². The Bertz CT molecular complexity index is 298. The second kappa shape index (κ2) is 2.69. The molecule has 0 saturated carbocycles. The molecule has 0 aliphatic rings. The second-order valence-electron chi connectivity index (χ2n) is 3.06. The van der Waals surface area contributed by atoms with E-state index in [9.17, 15) is 9.18 Å². The van der Waals surface area contributed by atoms with Gasteiger partial charge in [0.1, 0.15) is 0 Å². The topological polar surface area (TPSA) is 43.1 Å². The molecule has 1 aromatic rings. The Kier molecular flexibility index (Phi) is 2.00. The number of oxazole rings is 1. The second-order valence-corrected chi connectivity index (χ2v) is 3.06. The summed E-state index contributed by atoms with van der Waals surface area (Å²) in [4.78, 5) is 14.4. The number of alkyl halides is 1. The Balaban J connectivity index is 3.00. The van der Waals surface area contributed by atoms with Crippen LogP contribution in [-0.2, 0) is 5.67 Å². The third-order valence-corrected chi connectivity index (χ3v) is 1.36. The van der Waals surface area contributed by atoms with Gasteiger partial charge in [0.25, 0.3) is 0 Å². The molecule has 0 fully saturated rings. The lowest BCUT2D eigenvalue weighted by molar-refractivity contribution is 0.0974. The first-order valence-electron chi connectivity index (χ1n) is 3.57. The summed E-state index contributed by atoms with van der Waals surface area (Å²) < 4.78 is 18.0. The van der Waals surface area contributed by atoms with E-state index < -0.39 is 5.67 Å². The van der Waals surface area contributed by atoms with Gasteiger partial charge >= 0.3 is 0 Å². The van der Waals surface area contributed by atoms with Crippen molar-refractivity contribution in [3.05, 3.63) is 17.8 Å². The molecule has 0 radical (unpaired) electrons. The molecular formula is C8H10FNO2. The number of hydrogen-bond acceptors (Lipinski definition) is 3. The van der Waals surface area contributed by atoms with Gasteiger partial charge in [0.15, 0.2) is 17.2 Å². The van der Waals surface area contributed by atoms with Crippen molar-refractivity contribution in [3.63, 3.8) is 0 Å². The number of carbonyl (C=O) groups is 1. The van der Waals surface area contributed by atoms with Crippen LogP contribution in [0.2, 0.25) is 0 Å². The molecule has 0 spiro atoms. The van der Waals surface area contributed by atoms with Gasteiger partial charge in [0.2, 0.25) is 5.89 Å². The van der Waals surface area contributed by atoms with E-state index in [1.54, 1.807) is 0 Å². The van der Waals surface area contributed by atoms with Crippen LogP contribution in [0.3, 0.4) is 0 Å². The van der Waals surface area contributed by atoms with Crippen LogP contribution < -0.4 is 0 Å². The van der Waals surface area contributed by atoms with Gasteiger partial charge in [-0.3, -0.25) is 4.79 Å². The molecule has 0 unspecified atom stereocenters. The van der Waals surface area contributed by atoms with Crippen LogP contribution >= 0.6 is 0 Å². The summed E-state index contributed by atoms with van der Waals surface area (Å²) in [5, 5.41) is 0. The number of carbonyl (C=O) groups excluding carboxylic acids is 1. The molecule has 0 amide bonds. The number of nitrogens with zero attached hydrogens (tertiary/aromatic N) is 1. The largest absolute Gasteiger partial charge is 0.434 e. The molecule has 0 aliphatic carbocycles. The lowest BCUT2D eigenvalue weighted by Crippen LogP contribution is -2.08. The summed E-state index contributed by atoms with van der Waals surface area (Å²) in [5.74, 6) is -0.221. The maximum Gasteiger partial charge on any atom is 0.232 e. The monoisotopic (exact) mass is 171 g/mol. The normalized spacial score (nSPS) is 11.7. The van der Waals surface area contributed by atoms with E-state index in [0.29, 0.717) is 0 Å². The fourth-order valence-corrected chi connectivity index (χ4v) is 0.712. The lowest BCUT2D eigenvalue weighted by Gasteiger charge is -2.07. The molecule has 66 valence electrons. The number of halogens is 1. The van der Waals surface area contributed by atoms with Gasteiger partial charge in [-0.15, -0.1) is 0 Å². The zero-order valence-corrected chi connectivity index (χ0v) is 7.22. The number of rotatable bonds is 2. The molecule has 12 heavy (non-hydrogen) atoms. The van der Waals surface area contributed by atoms with Crippen molar-refractivity contribution in [2.24, 2.45) is 0 Å². The molecule has 4 heteroatoms. The molecule has 0 atom stereocenters. The zero-order chi connectivity index (χ0) is 9.35. The number of Topliss-reactive ketones (excluding diaryl/α,β-unsaturated/α-hetero) is 1. The standard InChI is InChI=1S/C8H10FNO2/c1-5(11)6-4-10-7(12-6)8(2,3)9/h4H,1-3H3. The van der Waals surface area contributed by atoms with Crippen LogP contribution in [0, 0.1) is 0 Å². The van der Waals surface area contributed by atoms with Gasteiger partial charge in [-0.1, -0.05) is 0 Å². The van der Waals surface area contributed by atoms with Crippen molar-refractivity contribution >= 4 is 5.78 Å². The maximum atomic E-state index is 13.1. The predicted molar refractivity (Wildman–Crippen MR) is 40.6 cm³/mol. The molecule has 3 nitrogen and oxygen atoms in total. The Hall–Kier alpha value is -1.19. The van der Waals surface area contributed by atoms with Gasteiger partial charge in [-0.25, -0.2) is 9.37 Å². The van der Waals surface area contributed by atoms with Crippen LogP contribution in [0.5, 0.6) is 0 Å². The fraction of sp³-hybridized carbons (Fsp3) is 0.500. The van der Waals surface area contributed by atoms with E-state index in [1.165, 1.54) is 27.0 Å². The minimum Gasteiger partial charge on any atom is -0.434 e. The Morgan fingerprint density at radius 2 is 2.25 bits per heavy atom. The Morgan fingerprint density at radius 3 is 2.50 bits per heavy atom. The highest BCUT2D eigenvalue weighted by Crippen LogP contribution is 2.23. The Morgan fingerprint density at radius 1 is 1.67 bits per heavy atom.